The van der Waals surface area contributed by atoms with E-state index in [1.165, 1.54) is 0 Å². The van der Waals surface area contributed by atoms with E-state index in [1.807, 2.05) is 13.8 Å². The van der Waals surface area contributed by atoms with Crippen LogP contribution >= 0.6 is 27.5 Å². The van der Waals surface area contributed by atoms with Crippen LogP contribution in [0.3, 0.4) is 0 Å². The monoisotopic (exact) mass is 349 g/mol. The average Bonchev–Trinajstić information content (AvgIpc) is 2.34. The minimum atomic E-state index is -0.285. The molecule has 1 aromatic carbocycles. The Morgan fingerprint density at radius 3 is 2.74 bits per heavy atom. The van der Waals surface area contributed by atoms with Crippen LogP contribution in [-0.2, 0) is 4.79 Å². The number of aliphatic hydroxyl groups excluding tert-OH is 1. The van der Waals surface area contributed by atoms with Crippen LogP contribution in [0.4, 0.5) is 0 Å². The topological polar surface area (TPSA) is 58.6 Å². The zero-order chi connectivity index (χ0) is 14.4. The highest BCUT2D eigenvalue weighted by Gasteiger charge is 2.15. The Hall–Kier alpha value is -0.780. The summed E-state index contributed by atoms with van der Waals surface area (Å²) < 4.78 is 6.17. The molecule has 0 heterocycles. The smallest absolute Gasteiger partial charge is 0.258 e. The number of hydrogen-bond acceptors (Lipinski definition) is 3. The van der Waals surface area contributed by atoms with Crippen LogP contribution in [0, 0.1) is 5.92 Å². The third kappa shape index (κ3) is 5.38. The van der Waals surface area contributed by atoms with E-state index < -0.39 is 0 Å². The van der Waals surface area contributed by atoms with Gasteiger partial charge in [0.2, 0.25) is 0 Å². The SMILES string of the molecule is CC(C)C(CO)NC(=O)COc1ccc(Br)cc1Cl. The molecule has 0 aliphatic carbocycles. The van der Waals surface area contributed by atoms with Crippen molar-refractivity contribution in [1.82, 2.24) is 5.32 Å². The summed E-state index contributed by atoms with van der Waals surface area (Å²) in [5.74, 6) is 0.321. The molecule has 1 aromatic rings. The zero-order valence-corrected chi connectivity index (χ0v) is 13.2. The number of benzene rings is 1. The number of aliphatic hydroxyl groups is 1. The highest BCUT2D eigenvalue weighted by atomic mass is 79.9. The maximum absolute atomic E-state index is 11.7. The molecule has 2 N–H and O–H groups in total. The summed E-state index contributed by atoms with van der Waals surface area (Å²) in [7, 11) is 0. The van der Waals surface area contributed by atoms with E-state index in [0.717, 1.165) is 4.47 Å². The summed E-state index contributed by atoms with van der Waals surface area (Å²) in [6.07, 6.45) is 0. The Labute approximate surface area is 126 Å². The molecule has 0 fully saturated rings. The maximum Gasteiger partial charge on any atom is 0.258 e. The number of carbonyl (C=O) groups is 1. The molecule has 1 rings (SSSR count). The highest BCUT2D eigenvalue weighted by molar-refractivity contribution is 9.10. The zero-order valence-electron chi connectivity index (χ0n) is 10.8. The van der Waals surface area contributed by atoms with Crippen LogP contribution in [0.2, 0.25) is 5.02 Å². The molecule has 0 aliphatic rings. The third-order valence-corrected chi connectivity index (χ3v) is 3.39. The van der Waals surface area contributed by atoms with Crippen molar-refractivity contribution in [3.8, 4) is 5.75 Å². The molecule has 1 atom stereocenters. The lowest BCUT2D eigenvalue weighted by Crippen LogP contribution is -2.43. The van der Waals surface area contributed by atoms with Crippen molar-refractivity contribution in [2.45, 2.75) is 19.9 Å². The molecular weight excluding hydrogens is 334 g/mol. The van der Waals surface area contributed by atoms with Crippen molar-refractivity contribution in [2.24, 2.45) is 5.92 Å². The van der Waals surface area contributed by atoms with Gasteiger partial charge in [-0.15, -0.1) is 0 Å². The molecule has 0 spiro atoms. The van der Waals surface area contributed by atoms with Gasteiger partial charge in [0.25, 0.3) is 5.91 Å². The molecule has 0 aliphatic heterocycles. The van der Waals surface area contributed by atoms with E-state index in [-0.39, 0.29) is 31.1 Å². The van der Waals surface area contributed by atoms with Gasteiger partial charge in [0.05, 0.1) is 17.7 Å². The molecule has 0 aromatic heterocycles. The fourth-order valence-corrected chi connectivity index (χ4v) is 2.14. The maximum atomic E-state index is 11.7. The Balaban J connectivity index is 2.50. The molecular formula is C13H17BrClNO3. The quantitative estimate of drug-likeness (QED) is 0.829. The van der Waals surface area contributed by atoms with Crippen molar-refractivity contribution in [3.63, 3.8) is 0 Å². The summed E-state index contributed by atoms with van der Waals surface area (Å²) in [4.78, 5) is 11.7. The summed E-state index contributed by atoms with van der Waals surface area (Å²) >= 11 is 9.26. The number of halogens is 2. The Kier molecular flexibility index (Phi) is 6.62. The molecule has 1 amide bonds. The average molecular weight is 351 g/mol. The van der Waals surface area contributed by atoms with Gasteiger partial charge in [0.1, 0.15) is 5.75 Å². The molecule has 6 heteroatoms. The molecule has 0 bridgehead atoms. The first-order valence-electron chi connectivity index (χ1n) is 5.92. The first kappa shape index (κ1) is 16.3. The number of ether oxygens (including phenoxy) is 1. The summed E-state index contributed by atoms with van der Waals surface area (Å²) in [6.45, 7) is 3.62. The predicted octanol–water partition coefficient (Wildman–Crippen LogP) is 2.61. The van der Waals surface area contributed by atoms with Crippen molar-refractivity contribution in [1.29, 1.82) is 0 Å². The lowest BCUT2D eigenvalue weighted by atomic mass is 10.1. The van der Waals surface area contributed by atoms with Gasteiger partial charge in [0.15, 0.2) is 6.61 Å². The van der Waals surface area contributed by atoms with Gasteiger partial charge < -0.3 is 15.2 Å². The van der Waals surface area contributed by atoms with Crippen LogP contribution in [0.15, 0.2) is 22.7 Å². The Bertz CT molecular complexity index is 440. The largest absolute Gasteiger partial charge is 0.482 e. The number of hydrogen-bond donors (Lipinski definition) is 2. The van der Waals surface area contributed by atoms with Crippen molar-refractivity contribution >= 4 is 33.4 Å². The van der Waals surface area contributed by atoms with Gasteiger partial charge in [-0.3, -0.25) is 4.79 Å². The van der Waals surface area contributed by atoms with Gasteiger partial charge in [-0.2, -0.15) is 0 Å². The highest BCUT2D eigenvalue weighted by Crippen LogP contribution is 2.27. The molecule has 106 valence electrons. The van der Waals surface area contributed by atoms with Gasteiger partial charge >= 0.3 is 0 Å². The van der Waals surface area contributed by atoms with Crippen molar-refractivity contribution < 1.29 is 14.6 Å². The van der Waals surface area contributed by atoms with Crippen LogP contribution in [-0.4, -0.2) is 30.3 Å². The first-order valence-corrected chi connectivity index (χ1v) is 7.09. The van der Waals surface area contributed by atoms with Crippen LogP contribution < -0.4 is 10.1 Å². The Morgan fingerprint density at radius 1 is 1.53 bits per heavy atom. The van der Waals surface area contributed by atoms with Gasteiger partial charge in [-0.1, -0.05) is 41.4 Å². The van der Waals surface area contributed by atoms with Crippen molar-refractivity contribution in [3.05, 3.63) is 27.7 Å². The molecule has 0 saturated carbocycles. The lowest BCUT2D eigenvalue weighted by molar-refractivity contribution is -0.124. The third-order valence-electron chi connectivity index (χ3n) is 2.60. The van der Waals surface area contributed by atoms with E-state index in [1.54, 1.807) is 18.2 Å². The molecule has 0 radical (unpaired) electrons. The molecule has 1 unspecified atom stereocenters. The second-order valence-electron chi connectivity index (χ2n) is 4.46. The minimum absolute atomic E-state index is 0.0948. The summed E-state index contributed by atoms with van der Waals surface area (Å²) in [6, 6.07) is 4.89. The van der Waals surface area contributed by atoms with E-state index >= 15 is 0 Å². The number of nitrogens with one attached hydrogen (secondary N) is 1. The van der Waals surface area contributed by atoms with Crippen LogP contribution in [0.5, 0.6) is 5.75 Å². The first-order chi connectivity index (χ1) is 8.93. The van der Waals surface area contributed by atoms with E-state index in [9.17, 15) is 4.79 Å². The van der Waals surface area contributed by atoms with Crippen molar-refractivity contribution in [2.75, 3.05) is 13.2 Å². The molecule has 4 nitrogen and oxygen atoms in total. The van der Waals surface area contributed by atoms with E-state index in [2.05, 4.69) is 21.2 Å². The van der Waals surface area contributed by atoms with E-state index in [4.69, 9.17) is 21.4 Å². The Morgan fingerprint density at radius 2 is 2.21 bits per heavy atom. The second-order valence-corrected chi connectivity index (χ2v) is 5.79. The minimum Gasteiger partial charge on any atom is -0.482 e. The number of carbonyl (C=O) groups excluding carboxylic acids is 1. The summed E-state index contributed by atoms with van der Waals surface area (Å²) in [5.41, 5.74) is 0. The second kappa shape index (κ2) is 7.72. The molecule has 0 saturated heterocycles. The van der Waals surface area contributed by atoms with Crippen LogP contribution in [0.25, 0.3) is 0 Å². The molecule has 19 heavy (non-hydrogen) atoms. The predicted molar refractivity (Wildman–Crippen MR) is 78.5 cm³/mol. The number of rotatable bonds is 6. The standard InChI is InChI=1S/C13H17BrClNO3/c1-8(2)11(6-17)16-13(18)7-19-12-4-3-9(14)5-10(12)15/h3-5,8,11,17H,6-7H2,1-2H3,(H,16,18). The van der Waals surface area contributed by atoms with Crippen LogP contribution in [0.1, 0.15) is 13.8 Å². The van der Waals surface area contributed by atoms with Gasteiger partial charge in [0, 0.05) is 4.47 Å². The fourth-order valence-electron chi connectivity index (χ4n) is 1.41. The van der Waals surface area contributed by atoms with Gasteiger partial charge in [-0.05, 0) is 24.1 Å². The normalized spacial score (nSPS) is 12.3. The number of amides is 1. The van der Waals surface area contributed by atoms with Gasteiger partial charge in [-0.25, -0.2) is 0 Å². The summed E-state index contributed by atoms with van der Waals surface area (Å²) in [5, 5.41) is 12.3. The fraction of sp³-hybridized carbons (Fsp3) is 0.462. The van der Waals surface area contributed by atoms with E-state index in [0.29, 0.717) is 10.8 Å². The lowest BCUT2D eigenvalue weighted by Gasteiger charge is -2.20.